The topological polar surface area (TPSA) is 96.7 Å². The number of nitrogens with one attached hydrogen (secondary N) is 2. The molecule has 0 spiro atoms. The first kappa shape index (κ1) is 19.1. The molecule has 1 amide bonds. The number of nitrogens with zero attached hydrogens (tertiary/aromatic N) is 5. The van der Waals surface area contributed by atoms with E-state index < -0.39 is 11.7 Å². The zero-order valence-corrected chi connectivity index (χ0v) is 16.3. The lowest BCUT2D eigenvalue weighted by Gasteiger charge is -2.27. The third kappa shape index (κ3) is 3.97. The molecule has 3 aromatic rings. The van der Waals surface area contributed by atoms with E-state index in [4.69, 9.17) is 4.74 Å². The molecule has 10 heteroatoms. The van der Waals surface area contributed by atoms with E-state index >= 15 is 0 Å². The van der Waals surface area contributed by atoms with Crippen molar-refractivity contribution in [3.63, 3.8) is 0 Å². The molecule has 3 aromatic heterocycles. The van der Waals surface area contributed by atoms with Crippen LogP contribution < -0.4 is 20.3 Å². The lowest BCUT2D eigenvalue weighted by Crippen LogP contribution is -2.44. The number of pyridine rings is 1. The summed E-state index contributed by atoms with van der Waals surface area (Å²) >= 11 is 0. The molecule has 4 heterocycles. The standard InChI is InChI=1S/C19H22FN7O2/c1-3-29-18-14(9-22-19(25-18)26-6-4-21-5-7-26)17(28)24-13-8-15(20)16-23-12(2)10-27(16)11-13/h8-11,21H,3-7H2,1-2H3,(H,24,28). The molecule has 1 aliphatic rings. The van der Waals surface area contributed by atoms with Crippen molar-refractivity contribution in [1.29, 1.82) is 0 Å². The Hall–Kier alpha value is -3.27. The number of aromatic nitrogens is 4. The molecule has 0 aromatic carbocycles. The largest absolute Gasteiger partial charge is 0.477 e. The Balaban J connectivity index is 1.60. The number of halogens is 1. The molecule has 1 saturated heterocycles. The van der Waals surface area contributed by atoms with Crippen molar-refractivity contribution in [2.45, 2.75) is 13.8 Å². The summed E-state index contributed by atoms with van der Waals surface area (Å²) < 4.78 is 21.4. The van der Waals surface area contributed by atoms with Crippen LogP contribution in [0.2, 0.25) is 0 Å². The zero-order valence-electron chi connectivity index (χ0n) is 16.3. The summed E-state index contributed by atoms with van der Waals surface area (Å²) in [7, 11) is 0. The van der Waals surface area contributed by atoms with Crippen LogP contribution in [0.4, 0.5) is 16.0 Å². The third-order valence-corrected chi connectivity index (χ3v) is 4.55. The number of imidazole rings is 1. The summed E-state index contributed by atoms with van der Waals surface area (Å²) in [6, 6.07) is 1.23. The van der Waals surface area contributed by atoms with Gasteiger partial charge in [0.05, 0.1) is 18.0 Å². The summed E-state index contributed by atoms with van der Waals surface area (Å²) in [6.07, 6.45) is 4.73. The molecule has 0 radical (unpaired) electrons. The number of hydrogen-bond donors (Lipinski definition) is 2. The van der Waals surface area contributed by atoms with Crippen molar-refractivity contribution in [2.75, 3.05) is 43.0 Å². The minimum Gasteiger partial charge on any atom is -0.477 e. The van der Waals surface area contributed by atoms with Crippen LogP contribution in [0, 0.1) is 12.7 Å². The average molecular weight is 399 g/mol. The van der Waals surface area contributed by atoms with Crippen LogP contribution in [0.25, 0.3) is 5.65 Å². The summed E-state index contributed by atoms with van der Waals surface area (Å²) in [5, 5.41) is 5.96. The number of rotatable bonds is 5. The number of piperazine rings is 1. The monoisotopic (exact) mass is 399 g/mol. The highest BCUT2D eigenvalue weighted by atomic mass is 19.1. The second kappa shape index (κ2) is 8.00. The van der Waals surface area contributed by atoms with Crippen LogP contribution in [-0.2, 0) is 0 Å². The Morgan fingerprint density at radius 2 is 2.10 bits per heavy atom. The fourth-order valence-corrected chi connectivity index (χ4v) is 3.22. The van der Waals surface area contributed by atoms with Crippen molar-refractivity contribution in [3.05, 3.63) is 41.7 Å². The van der Waals surface area contributed by atoms with Crippen LogP contribution in [0.3, 0.4) is 0 Å². The maximum atomic E-state index is 14.3. The van der Waals surface area contributed by atoms with E-state index in [1.807, 2.05) is 11.8 Å². The van der Waals surface area contributed by atoms with Crippen LogP contribution in [0.15, 0.2) is 24.7 Å². The van der Waals surface area contributed by atoms with Crippen LogP contribution in [0.1, 0.15) is 23.0 Å². The van der Waals surface area contributed by atoms with Gasteiger partial charge in [-0.1, -0.05) is 0 Å². The fourth-order valence-electron chi connectivity index (χ4n) is 3.22. The van der Waals surface area contributed by atoms with Gasteiger partial charge in [-0.05, 0) is 13.8 Å². The molecule has 0 aliphatic carbocycles. The molecule has 1 aliphatic heterocycles. The van der Waals surface area contributed by atoms with Gasteiger partial charge in [0, 0.05) is 50.8 Å². The van der Waals surface area contributed by atoms with Gasteiger partial charge in [-0.25, -0.2) is 14.4 Å². The lowest BCUT2D eigenvalue weighted by atomic mass is 10.3. The van der Waals surface area contributed by atoms with Gasteiger partial charge < -0.3 is 24.7 Å². The van der Waals surface area contributed by atoms with E-state index in [0.717, 1.165) is 26.2 Å². The average Bonchev–Trinajstić information content (AvgIpc) is 3.09. The van der Waals surface area contributed by atoms with Gasteiger partial charge in [0.25, 0.3) is 5.91 Å². The van der Waals surface area contributed by atoms with Gasteiger partial charge in [-0.15, -0.1) is 0 Å². The molecule has 0 bridgehead atoms. The van der Waals surface area contributed by atoms with Crippen molar-refractivity contribution >= 4 is 23.2 Å². The molecular weight excluding hydrogens is 377 g/mol. The predicted molar refractivity (Wildman–Crippen MR) is 106 cm³/mol. The predicted octanol–water partition coefficient (Wildman–Crippen LogP) is 1.63. The molecule has 4 rings (SSSR count). The van der Waals surface area contributed by atoms with E-state index in [0.29, 0.717) is 23.9 Å². The number of amides is 1. The van der Waals surface area contributed by atoms with Crippen LogP contribution in [0.5, 0.6) is 5.88 Å². The minimum absolute atomic E-state index is 0.188. The highest BCUT2D eigenvalue weighted by molar-refractivity contribution is 6.05. The Labute approximate surface area is 166 Å². The fraction of sp³-hybridized carbons (Fsp3) is 0.368. The Morgan fingerprint density at radius 3 is 2.86 bits per heavy atom. The zero-order chi connectivity index (χ0) is 20.4. The first-order valence-electron chi connectivity index (χ1n) is 9.47. The number of anilines is 2. The second-order valence-electron chi connectivity index (χ2n) is 6.70. The van der Waals surface area contributed by atoms with Gasteiger partial charge in [-0.2, -0.15) is 4.98 Å². The van der Waals surface area contributed by atoms with Crippen LogP contribution in [-0.4, -0.2) is 58.0 Å². The quantitative estimate of drug-likeness (QED) is 0.673. The number of aryl methyl sites for hydroxylation is 1. The molecule has 2 N–H and O–H groups in total. The second-order valence-corrected chi connectivity index (χ2v) is 6.70. The molecule has 0 atom stereocenters. The SMILES string of the molecule is CCOc1nc(N2CCNCC2)ncc1C(=O)Nc1cc(F)c2nc(C)cn2c1. The summed E-state index contributed by atoms with van der Waals surface area (Å²) in [5.41, 5.74) is 1.38. The smallest absolute Gasteiger partial charge is 0.262 e. The van der Waals surface area contributed by atoms with Gasteiger partial charge in [-0.3, -0.25) is 4.79 Å². The maximum Gasteiger partial charge on any atom is 0.262 e. The van der Waals surface area contributed by atoms with E-state index in [1.165, 1.54) is 16.7 Å². The van der Waals surface area contributed by atoms with E-state index in [9.17, 15) is 9.18 Å². The first-order valence-corrected chi connectivity index (χ1v) is 9.47. The number of carbonyl (C=O) groups excluding carboxylic acids is 1. The molecular formula is C19H22FN7O2. The Kier molecular flexibility index (Phi) is 5.26. The number of fused-ring (bicyclic) bond motifs is 1. The molecule has 152 valence electrons. The first-order chi connectivity index (χ1) is 14.0. The van der Waals surface area contributed by atoms with Gasteiger partial charge >= 0.3 is 0 Å². The lowest BCUT2D eigenvalue weighted by molar-refractivity contribution is 0.102. The van der Waals surface area contributed by atoms with Crippen LogP contribution >= 0.6 is 0 Å². The van der Waals surface area contributed by atoms with Crippen molar-refractivity contribution in [1.82, 2.24) is 24.7 Å². The molecule has 0 saturated carbocycles. The van der Waals surface area contributed by atoms with Gasteiger partial charge in [0.15, 0.2) is 11.5 Å². The van der Waals surface area contributed by atoms with E-state index in [1.54, 1.807) is 19.3 Å². The van der Waals surface area contributed by atoms with Gasteiger partial charge in [0.1, 0.15) is 5.56 Å². The number of ether oxygens (including phenoxy) is 1. The van der Waals surface area contributed by atoms with E-state index in [2.05, 4.69) is 25.6 Å². The Bertz CT molecular complexity index is 1050. The Morgan fingerprint density at radius 1 is 1.31 bits per heavy atom. The van der Waals surface area contributed by atoms with Gasteiger partial charge in [0.2, 0.25) is 11.8 Å². The minimum atomic E-state index is -0.522. The molecule has 1 fully saturated rings. The number of carbonyl (C=O) groups is 1. The summed E-state index contributed by atoms with van der Waals surface area (Å²) in [5.74, 6) is -0.274. The highest BCUT2D eigenvalue weighted by Crippen LogP contribution is 2.22. The third-order valence-electron chi connectivity index (χ3n) is 4.55. The normalized spacial score (nSPS) is 14.2. The summed E-state index contributed by atoms with van der Waals surface area (Å²) in [4.78, 5) is 27.7. The number of hydrogen-bond acceptors (Lipinski definition) is 7. The van der Waals surface area contributed by atoms with Crippen molar-refractivity contribution < 1.29 is 13.9 Å². The molecule has 0 unspecified atom stereocenters. The van der Waals surface area contributed by atoms with Crippen molar-refractivity contribution in [3.8, 4) is 5.88 Å². The highest BCUT2D eigenvalue weighted by Gasteiger charge is 2.20. The molecule has 29 heavy (non-hydrogen) atoms. The maximum absolute atomic E-state index is 14.3. The summed E-state index contributed by atoms with van der Waals surface area (Å²) in [6.45, 7) is 7.19. The van der Waals surface area contributed by atoms with E-state index in [-0.39, 0.29) is 17.1 Å². The van der Waals surface area contributed by atoms with Crippen molar-refractivity contribution in [2.24, 2.45) is 0 Å². The molecule has 9 nitrogen and oxygen atoms in total.